The van der Waals surface area contributed by atoms with Crippen LogP contribution in [0.3, 0.4) is 0 Å². The minimum absolute atomic E-state index is 0.0824. The molecular formula is C20H16F2N4O. The number of imidazole rings is 1. The molecule has 136 valence electrons. The number of H-pyrrole nitrogens is 1. The number of aromatic amines is 1. The number of hydrogen-bond acceptors (Lipinski definition) is 3. The number of rotatable bonds is 3. The summed E-state index contributed by atoms with van der Waals surface area (Å²) in [6, 6.07) is 6.89. The molecule has 5 rings (SSSR count). The number of hydrogen-bond donors (Lipinski definition) is 2. The maximum absolute atomic E-state index is 14.4. The predicted octanol–water partition coefficient (Wildman–Crippen LogP) is 4.05. The third kappa shape index (κ3) is 2.27. The van der Waals surface area contributed by atoms with Gasteiger partial charge in [0.05, 0.1) is 5.92 Å². The van der Waals surface area contributed by atoms with Crippen LogP contribution in [0.4, 0.5) is 14.6 Å². The van der Waals surface area contributed by atoms with E-state index < -0.39 is 12.1 Å². The molecule has 27 heavy (non-hydrogen) atoms. The molecule has 0 unspecified atom stereocenters. The molecule has 5 nitrogen and oxygen atoms in total. The van der Waals surface area contributed by atoms with Gasteiger partial charge in [-0.05, 0) is 54.3 Å². The Hall–Kier alpha value is -3.22. The summed E-state index contributed by atoms with van der Waals surface area (Å²) in [7, 11) is 0. The molecule has 0 amide bonds. The van der Waals surface area contributed by atoms with Crippen LogP contribution in [0.15, 0.2) is 36.7 Å². The van der Waals surface area contributed by atoms with Gasteiger partial charge in [-0.25, -0.2) is 13.8 Å². The first-order valence-electron chi connectivity index (χ1n) is 8.68. The number of nitrogens with two attached hydrogens (primary N) is 1. The van der Waals surface area contributed by atoms with Crippen molar-refractivity contribution in [1.29, 1.82) is 0 Å². The quantitative estimate of drug-likeness (QED) is 0.537. The lowest BCUT2D eigenvalue weighted by Gasteiger charge is -2.11. The first kappa shape index (κ1) is 16.0. The summed E-state index contributed by atoms with van der Waals surface area (Å²) in [5.74, 6) is -1.23. The second-order valence-corrected chi connectivity index (χ2v) is 7.01. The van der Waals surface area contributed by atoms with Gasteiger partial charge in [0.15, 0.2) is 11.6 Å². The van der Waals surface area contributed by atoms with E-state index in [1.165, 1.54) is 6.07 Å². The van der Waals surface area contributed by atoms with Gasteiger partial charge in [0.1, 0.15) is 23.3 Å². The van der Waals surface area contributed by atoms with E-state index in [9.17, 15) is 13.6 Å². The summed E-state index contributed by atoms with van der Waals surface area (Å²) in [6.07, 6.45) is 2.58. The summed E-state index contributed by atoms with van der Waals surface area (Å²) in [4.78, 5) is 19.8. The molecule has 0 spiro atoms. The molecule has 1 saturated carbocycles. The molecule has 3 heterocycles. The van der Waals surface area contributed by atoms with E-state index in [2.05, 4.69) is 9.97 Å². The SMILES string of the molecule is Cc1c(F)cc2[nH]ccc2c1-c1ccc2nc(N)c(C(=O)[C@@H]3C[C@@H]3F)n2c1. The number of benzene rings is 1. The van der Waals surface area contributed by atoms with E-state index in [0.29, 0.717) is 16.7 Å². The van der Waals surface area contributed by atoms with Crippen LogP contribution in [0.1, 0.15) is 22.5 Å². The fraction of sp³-hybridized carbons (Fsp3) is 0.200. The van der Waals surface area contributed by atoms with Crippen LogP contribution in [-0.4, -0.2) is 26.3 Å². The van der Waals surface area contributed by atoms with Crippen molar-refractivity contribution in [3.8, 4) is 11.1 Å². The average molecular weight is 366 g/mol. The number of carbonyl (C=O) groups excluding carboxylic acids is 1. The highest BCUT2D eigenvalue weighted by atomic mass is 19.1. The Kier molecular flexibility index (Phi) is 3.19. The van der Waals surface area contributed by atoms with Crippen molar-refractivity contribution >= 4 is 28.2 Å². The predicted molar refractivity (Wildman–Crippen MR) is 98.9 cm³/mol. The first-order valence-corrected chi connectivity index (χ1v) is 8.68. The Bertz CT molecular complexity index is 1240. The molecule has 1 fully saturated rings. The lowest BCUT2D eigenvalue weighted by molar-refractivity contribution is 0.0952. The first-order chi connectivity index (χ1) is 13.0. The Morgan fingerprint density at radius 1 is 1.37 bits per heavy atom. The molecule has 0 bridgehead atoms. The molecule has 1 aromatic carbocycles. The maximum atomic E-state index is 14.4. The topological polar surface area (TPSA) is 76.2 Å². The zero-order valence-electron chi connectivity index (χ0n) is 14.5. The van der Waals surface area contributed by atoms with Crippen LogP contribution in [0, 0.1) is 18.7 Å². The number of nitrogen functional groups attached to an aromatic ring is 1. The van der Waals surface area contributed by atoms with E-state index in [1.54, 1.807) is 29.8 Å². The fourth-order valence-corrected chi connectivity index (χ4v) is 3.71. The van der Waals surface area contributed by atoms with Gasteiger partial charge in [-0.3, -0.25) is 9.20 Å². The Balaban J connectivity index is 1.75. The minimum Gasteiger partial charge on any atom is -0.382 e. The van der Waals surface area contributed by atoms with Crippen LogP contribution in [0.5, 0.6) is 0 Å². The van der Waals surface area contributed by atoms with Crippen molar-refractivity contribution in [1.82, 2.24) is 14.4 Å². The number of aromatic nitrogens is 3. The highest BCUT2D eigenvalue weighted by molar-refractivity contribution is 6.03. The van der Waals surface area contributed by atoms with Crippen LogP contribution in [0.25, 0.3) is 27.7 Å². The third-order valence-electron chi connectivity index (χ3n) is 5.27. The molecule has 4 aromatic rings. The Labute approximate surface area is 152 Å². The number of alkyl halides is 1. The van der Waals surface area contributed by atoms with E-state index in [0.717, 1.165) is 16.5 Å². The van der Waals surface area contributed by atoms with E-state index in [4.69, 9.17) is 5.73 Å². The number of carbonyl (C=O) groups is 1. The fourth-order valence-electron chi connectivity index (χ4n) is 3.71. The molecule has 7 heteroatoms. The van der Waals surface area contributed by atoms with Crippen molar-refractivity contribution in [2.45, 2.75) is 19.5 Å². The average Bonchev–Trinajstić information content (AvgIpc) is 3.04. The summed E-state index contributed by atoms with van der Waals surface area (Å²) in [6.45, 7) is 1.72. The van der Waals surface area contributed by atoms with Gasteiger partial charge in [-0.1, -0.05) is 0 Å². The number of pyridine rings is 1. The lowest BCUT2D eigenvalue weighted by atomic mass is 9.97. The van der Waals surface area contributed by atoms with Gasteiger partial charge < -0.3 is 10.7 Å². The molecular weight excluding hydrogens is 350 g/mol. The number of nitrogens with one attached hydrogen (secondary N) is 1. The largest absolute Gasteiger partial charge is 0.382 e. The zero-order valence-corrected chi connectivity index (χ0v) is 14.5. The Morgan fingerprint density at radius 3 is 2.89 bits per heavy atom. The maximum Gasteiger partial charge on any atom is 0.189 e. The van der Waals surface area contributed by atoms with Gasteiger partial charge in [-0.2, -0.15) is 0 Å². The van der Waals surface area contributed by atoms with Crippen LogP contribution in [0.2, 0.25) is 0 Å². The smallest absolute Gasteiger partial charge is 0.189 e. The third-order valence-corrected chi connectivity index (χ3v) is 5.27. The van der Waals surface area contributed by atoms with E-state index in [-0.39, 0.29) is 29.5 Å². The number of anilines is 1. The van der Waals surface area contributed by atoms with Gasteiger partial charge >= 0.3 is 0 Å². The highest BCUT2D eigenvalue weighted by Crippen LogP contribution is 2.39. The number of ketones is 1. The molecule has 0 saturated heterocycles. The van der Waals surface area contributed by atoms with Crippen molar-refractivity contribution in [2.75, 3.05) is 5.73 Å². The normalized spacial score (nSPS) is 19.1. The standard InChI is InChI=1S/C20H16F2N4O/c1-9-13(21)7-15-11(4-5-24-15)17(9)10-2-3-16-25-20(23)18(26(16)8-10)19(27)12-6-14(12)22/h2-5,7-8,12,14,24H,6,23H2,1H3/t12-,14+/m1/s1. The zero-order chi connectivity index (χ0) is 18.9. The van der Waals surface area contributed by atoms with Crippen molar-refractivity contribution < 1.29 is 13.6 Å². The molecule has 1 aliphatic rings. The number of halogens is 2. The molecule has 3 N–H and O–H groups in total. The lowest BCUT2D eigenvalue weighted by Crippen LogP contribution is -2.10. The minimum atomic E-state index is -1.12. The Morgan fingerprint density at radius 2 is 2.15 bits per heavy atom. The van der Waals surface area contributed by atoms with Gasteiger partial charge in [-0.15, -0.1) is 0 Å². The summed E-state index contributed by atoms with van der Waals surface area (Å²) < 4.78 is 29.4. The van der Waals surface area contributed by atoms with E-state index >= 15 is 0 Å². The van der Waals surface area contributed by atoms with Gasteiger partial charge in [0.2, 0.25) is 0 Å². The molecule has 1 aliphatic carbocycles. The summed E-state index contributed by atoms with van der Waals surface area (Å²) in [5, 5.41) is 0.875. The molecule has 0 radical (unpaired) electrons. The summed E-state index contributed by atoms with van der Waals surface area (Å²) >= 11 is 0. The number of fused-ring (bicyclic) bond motifs is 2. The van der Waals surface area contributed by atoms with E-state index in [1.807, 2.05) is 12.1 Å². The number of nitrogens with zero attached hydrogens (tertiary/aromatic N) is 2. The monoisotopic (exact) mass is 366 g/mol. The second kappa shape index (κ2) is 5.39. The van der Waals surface area contributed by atoms with Crippen molar-refractivity contribution in [2.24, 2.45) is 5.92 Å². The van der Waals surface area contributed by atoms with Crippen LogP contribution >= 0.6 is 0 Å². The highest BCUT2D eigenvalue weighted by Gasteiger charge is 2.45. The van der Waals surface area contributed by atoms with Crippen molar-refractivity contribution in [3.63, 3.8) is 0 Å². The van der Waals surface area contributed by atoms with Gasteiger partial charge in [0, 0.05) is 23.3 Å². The van der Waals surface area contributed by atoms with Crippen molar-refractivity contribution in [3.05, 3.63) is 53.7 Å². The molecule has 2 atom stereocenters. The van der Waals surface area contributed by atoms with Gasteiger partial charge in [0.25, 0.3) is 0 Å². The second-order valence-electron chi connectivity index (χ2n) is 7.01. The van der Waals surface area contributed by atoms with Crippen LogP contribution in [-0.2, 0) is 0 Å². The molecule has 0 aliphatic heterocycles. The van der Waals surface area contributed by atoms with Crippen LogP contribution < -0.4 is 5.73 Å². The summed E-state index contributed by atoms with van der Waals surface area (Å²) in [5.41, 5.74) is 9.28. The molecule has 3 aromatic heterocycles. The number of Topliss-reactive ketones (excluding diaryl/α,β-unsaturated/α-hetero) is 1.